The summed E-state index contributed by atoms with van der Waals surface area (Å²) in [5, 5.41) is 6.04. The van der Waals surface area contributed by atoms with Gasteiger partial charge in [-0.15, -0.1) is 0 Å². The van der Waals surface area contributed by atoms with E-state index >= 15 is 0 Å². The van der Waals surface area contributed by atoms with Crippen molar-refractivity contribution >= 4 is 47.2 Å². The molecule has 0 aliphatic rings. The number of H-pyrrole nitrogens is 2. The Balaban J connectivity index is 1.56. The third-order valence-corrected chi connectivity index (χ3v) is 11.6. The average molecular weight is 898 g/mol. The first-order chi connectivity index (χ1) is 29.4. The number of carbonyl (C=O) groups excluding carboxylic acids is 4. The first-order valence-corrected chi connectivity index (χ1v) is 21.6. The molecule has 2 aromatic carbocycles. The number of hydrogen-bond donors (Lipinski definition) is 4. The molecule has 4 N–H and O–H groups in total. The van der Waals surface area contributed by atoms with Crippen LogP contribution in [0, 0.1) is 17.8 Å². The van der Waals surface area contributed by atoms with Crippen molar-refractivity contribution in [2.24, 2.45) is 17.8 Å². The molecule has 2 aromatic heterocycles. The quantitative estimate of drug-likeness (QED) is 0.0713. The van der Waals surface area contributed by atoms with E-state index in [9.17, 15) is 19.2 Å². The molecule has 15 nitrogen and oxygen atoms in total. The van der Waals surface area contributed by atoms with Crippen LogP contribution < -0.4 is 10.6 Å². The van der Waals surface area contributed by atoms with Crippen LogP contribution in [-0.4, -0.2) is 106 Å². The van der Waals surface area contributed by atoms with E-state index in [1.165, 1.54) is 14.2 Å². The van der Waals surface area contributed by atoms with Crippen LogP contribution in [0.4, 0.5) is 9.59 Å². The van der Waals surface area contributed by atoms with E-state index in [1.807, 2.05) is 111 Å². The number of nitrogens with zero attached hydrogens (tertiary/aromatic N) is 4. The predicted octanol–water partition coefficient (Wildman–Crippen LogP) is 9.06. The lowest BCUT2D eigenvalue weighted by Crippen LogP contribution is -2.54. The largest absolute Gasteiger partial charge is 0.453 e. The van der Waals surface area contributed by atoms with Crippen LogP contribution in [-0.2, 0) is 23.8 Å². The number of methoxy groups -OCH3 is 3. The van der Waals surface area contributed by atoms with Gasteiger partial charge in [-0.2, -0.15) is 0 Å². The lowest BCUT2D eigenvalue weighted by Gasteiger charge is -2.37. The molecule has 0 aliphatic carbocycles. The number of carbonyl (C=O) groups is 4. The van der Waals surface area contributed by atoms with Gasteiger partial charge in [-0.3, -0.25) is 9.59 Å². The van der Waals surface area contributed by atoms with Gasteiger partial charge in [0.15, 0.2) is 0 Å². The Morgan fingerprint density at radius 3 is 1.44 bits per heavy atom. The smallest absolute Gasteiger partial charge is 0.407 e. The summed E-state index contributed by atoms with van der Waals surface area (Å²) in [7, 11) is 4.14. The number of aromatic amines is 2. The zero-order chi connectivity index (χ0) is 46.0. The molecule has 0 saturated heterocycles. The lowest BCUT2D eigenvalue weighted by atomic mass is 10.00. The lowest BCUT2D eigenvalue weighted by molar-refractivity contribution is -0.139. The highest BCUT2D eigenvalue weighted by Crippen LogP contribution is 2.35. The summed E-state index contributed by atoms with van der Waals surface area (Å²) >= 11 is 13.5. The molecule has 4 rings (SSSR count). The van der Waals surface area contributed by atoms with Gasteiger partial charge in [-0.25, -0.2) is 19.6 Å². The van der Waals surface area contributed by atoms with E-state index in [0.717, 1.165) is 22.3 Å². The van der Waals surface area contributed by atoms with Crippen molar-refractivity contribution < 1.29 is 33.4 Å². The normalized spacial score (nSPS) is 14.4. The number of amides is 4. The van der Waals surface area contributed by atoms with Crippen LogP contribution >= 0.6 is 23.2 Å². The number of nitrogens with one attached hydrogen (secondary N) is 4. The van der Waals surface area contributed by atoms with Crippen molar-refractivity contribution in [2.75, 3.05) is 34.5 Å². The Kier molecular flexibility index (Phi) is 17.8. The molecule has 4 amide bonds. The molecular weight excluding hydrogens is 835 g/mol. The second-order valence-electron chi connectivity index (χ2n) is 16.3. The van der Waals surface area contributed by atoms with E-state index < -0.39 is 36.4 Å². The first-order valence-electron chi connectivity index (χ1n) is 20.9. The van der Waals surface area contributed by atoms with Gasteiger partial charge in [0.25, 0.3) is 0 Å². The second-order valence-corrected chi connectivity index (χ2v) is 17.1. The van der Waals surface area contributed by atoms with Crippen LogP contribution in [0.25, 0.3) is 33.6 Å². The number of halogens is 2. The Bertz CT molecular complexity index is 2120. The maximum Gasteiger partial charge on any atom is 0.407 e. The highest BCUT2D eigenvalue weighted by molar-refractivity contribution is 6.32. The summed E-state index contributed by atoms with van der Waals surface area (Å²) in [6, 6.07) is 12.9. The number of ether oxygens (including phenoxy) is 3. The van der Waals surface area contributed by atoms with Crippen LogP contribution in [0.5, 0.6) is 0 Å². The molecule has 0 spiro atoms. The van der Waals surface area contributed by atoms with Crippen LogP contribution in [0.2, 0.25) is 10.3 Å². The van der Waals surface area contributed by atoms with Crippen molar-refractivity contribution in [3.63, 3.8) is 0 Å². The Morgan fingerprint density at radius 2 is 1.05 bits per heavy atom. The van der Waals surface area contributed by atoms with Crippen molar-refractivity contribution in [1.29, 1.82) is 0 Å². The molecule has 338 valence electrons. The average Bonchev–Trinajstić information content (AvgIpc) is 3.85. The van der Waals surface area contributed by atoms with Gasteiger partial charge in [0.2, 0.25) is 11.8 Å². The minimum Gasteiger partial charge on any atom is -0.453 e. The highest BCUT2D eigenvalue weighted by atomic mass is 35.5. The van der Waals surface area contributed by atoms with Gasteiger partial charge in [0.1, 0.15) is 45.4 Å². The van der Waals surface area contributed by atoms with Gasteiger partial charge in [0, 0.05) is 30.8 Å². The van der Waals surface area contributed by atoms with Gasteiger partial charge < -0.3 is 44.6 Å². The molecule has 0 fully saturated rings. The highest BCUT2D eigenvalue weighted by Gasteiger charge is 2.36. The fraction of sp³-hybridized carbons (Fsp3) is 0.511. The Morgan fingerprint density at radius 1 is 0.645 bits per heavy atom. The molecule has 0 radical (unpaired) electrons. The zero-order valence-electron chi connectivity index (χ0n) is 37.8. The van der Waals surface area contributed by atoms with Crippen molar-refractivity contribution in [1.82, 2.24) is 40.4 Å². The molecule has 0 bridgehead atoms. The molecule has 2 heterocycles. The minimum atomic E-state index is -0.826. The number of benzene rings is 2. The monoisotopic (exact) mass is 896 g/mol. The number of hydrogen-bond acceptors (Lipinski definition) is 9. The molecule has 62 heavy (non-hydrogen) atoms. The van der Waals surface area contributed by atoms with E-state index in [2.05, 4.69) is 20.6 Å². The number of rotatable bonds is 19. The van der Waals surface area contributed by atoms with Crippen LogP contribution in [0.3, 0.4) is 0 Å². The van der Waals surface area contributed by atoms with Crippen LogP contribution in [0.1, 0.15) is 92.5 Å². The molecule has 17 heteroatoms. The Hall–Kier alpha value is -5.12. The van der Waals surface area contributed by atoms with Gasteiger partial charge in [-0.1, -0.05) is 113 Å². The van der Waals surface area contributed by atoms with Gasteiger partial charge in [-0.05, 0) is 56.1 Å². The number of aromatic nitrogens is 4. The summed E-state index contributed by atoms with van der Waals surface area (Å²) in [6.45, 7) is 17.9. The number of alkyl carbamates (subject to hydrolysis) is 2. The molecule has 0 saturated carbocycles. The van der Waals surface area contributed by atoms with Crippen molar-refractivity contribution in [3.05, 3.63) is 70.5 Å². The summed E-state index contributed by atoms with van der Waals surface area (Å²) in [5.74, 6) is 0.0862. The standard InChI is InChI=1S/C45H62Cl2N8O7/c1-13-27(7)55(43(57)35(25(4)5)51-45(59)62-12)29(9)41-49-37(39(47)53-41)33-20-16-31(17-21-33)30-14-18-32(19-15-30)36-38(46)52-40(48-36)28(8)54(22-26(6)23-60-10)42(56)34(24(2)3)50-44(58)61-11/h14-21,24-29,34-35H,13,22-23H2,1-12H3,(H,48,52)(H,49,53)(H,50,58)(H,51,59)/t26-,27-,28-,29-,34-,35-/m0/s1. The van der Waals surface area contributed by atoms with Gasteiger partial charge >= 0.3 is 12.2 Å². The third-order valence-electron chi connectivity index (χ3n) is 11.0. The fourth-order valence-electron chi connectivity index (χ4n) is 7.27. The molecule has 6 atom stereocenters. The fourth-order valence-corrected chi connectivity index (χ4v) is 7.77. The van der Waals surface area contributed by atoms with E-state index in [4.69, 9.17) is 47.4 Å². The Labute approximate surface area is 375 Å². The second kappa shape index (κ2) is 22.3. The van der Waals surface area contributed by atoms with E-state index in [1.54, 1.807) is 16.9 Å². The molecule has 4 aromatic rings. The summed E-state index contributed by atoms with van der Waals surface area (Å²) in [6.07, 6.45) is -0.674. The van der Waals surface area contributed by atoms with Crippen molar-refractivity contribution in [3.8, 4) is 33.6 Å². The zero-order valence-corrected chi connectivity index (χ0v) is 39.3. The SMILES string of the molecule is CC[C@H](C)N(C(=O)[C@@H](NC(=O)OC)C(C)C)[C@@H](C)c1nc(-c2ccc(-c3ccc(-c4nc([C@H](C)N(C[C@H](C)COC)C(=O)[C@@H](NC(=O)OC)C(C)C)[nH]c4Cl)cc3)cc2)c(Cl)[nH]1. The summed E-state index contributed by atoms with van der Waals surface area (Å²) in [4.78, 5) is 71.8. The first kappa shape index (κ1) is 49.5. The summed E-state index contributed by atoms with van der Waals surface area (Å²) < 4.78 is 15.0. The number of imidazole rings is 2. The molecular formula is C45H62Cl2N8O7. The summed E-state index contributed by atoms with van der Waals surface area (Å²) in [5.41, 5.74) is 4.55. The van der Waals surface area contributed by atoms with Gasteiger partial charge in [0.05, 0.1) is 32.9 Å². The predicted molar refractivity (Wildman–Crippen MR) is 242 cm³/mol. The van der Waals surface area contributed by atoms with Crippen molar-refractivity contribution in [2.45, 2.75) is 98.9 Å². The van der Waals surface area contributed by atoms with E-state index in [0.29, 0.717) is 52.9 Å². The maximum absolute atomic E-state index is 14.0. The maximum atomic E-state index is 14.0. The molecule has 0 aliphatic heterocycles. The van der Waals surface area contributed by atoms with Crippen LogP contribution in [0.15, 0.2) is 48.5 Å². The third kappa shape index (κ3) is 11.9. The topological polar surface area (TPSA) is 184 Å². The van der Waals surface area contributed by atoms with E-state index in [-0.39, 0.29) is 35.6 Å². The minimum absolute atomic E-state index is 0.00848. The molecule has 0 unspecified atom stereocenters.